The molecule has 0 radical (unpaired) electrons. The molecule has 3 rings (SSSR count). The average molecular weight is 366 g/mol. The zero-order valence-corrected chi connectivity index (χ0v) is 15.1. The van der Waals surface area contributed by atoms with Crippen LogP contribution in [0.5, 0.6) is 5.75 Å². The van der Waals surface area contributed by atoms with Gasteiger partial charge in [0.05, 0.1) is 12.8 Å². The molecule has 26 heavy (non-hydrogen) atoms. The molecule has 6 nitrogen and oxygen atoms in total. The number of rotatable bonds is 6. The highest BCUT2D eigenvalue weighted by molar-refractivity contribution is 7.71. The Morgan fingerprint density at radius 1 is 1.19 bits per heavy atom. The Bertz CT molecular complexity index is 1010. The summed E-state index contributed by atoms with van der Waals surface area (Å²) in [6.07, 6.45) is 2.42. The Hall–Kier alpha value is -3.06. The van der Waals surface area contributed by atoms with E-state index in [1.54, 1.807) is 13.1 Å². The molecule has 0 fully saturated rings. The molecule has 0 aliphatic heterocycles. The molecule has 0 aliphatic rings. The summed E-state index contributed by atoms with van der Waals surface area (Å²) in [5.74, 6) is 0.785. The van der Waals surface area contributed by atoms with Crippen LogP contribution in [0.1, 0.15) is 16.8 Å². The van der Waals surface area contributed by atoms with Crippen molar-refractivity contribution in [2.75, 3.05) is 6.61 Å². The van der Waals surface area contributed by atoms with E-state index in [4.69, 9.17) is 17.0 Å². The maximum Gasteiger partial charge on any atom is 0.296 e. The zero-order chi connectivity index (χ0) is 18.4. The van der Waals surface area contributed by atoms with Crippen LogP contribution in [-0.2, 0) is 6.42 Å². The Kier molecular flexibility index (Phi) is 5.70. The van der Waals surface area contributed by atoms with Gasteiger partial charge in [-0.15, -0.1) is 0 Å². The molecule has 1 heterocycles. The Morgan fingerprint density at radius 2 is 1.92 bits per heavy atom. The lowest BCUT2D eigenvalue weighted by molar-refractivity contribution is 0.322. The fourth-order valence-corrected chi connectivity index (χ4v) is 2.46. The fraction of sp³-hybridized carbons (Fsp3) is 0.158. The predicted octanol–water partition coefficient (Wildman–Crippen LogP) is 3.11. The molecule has 0 amide bonds. The molecule has 132 valence electrons. The quantitative estimate of drug-likeness (QED) is 0.537. The Morgan fingerprint density at radius 3 is 2.65 bits per heavy atom. The third-order valence-corrected chi connectivity index (χ3v) is 3.98. The van der Waals surface area contributed by atoms with Crippen molar-refractivity contribution in [2.45, 2.75) is 13.3 Å². The van der Waals surface area contributed by atoms with Crippen LogP contribution >= 0.6 is 12.2 Å². The van der Waals surface area contributed by atoms with Crippen molar-refractivity contribution in [3.63, 3.8) is 0 Å². The largest absolute Gasteiger partial charge is 0.493 e. The number of benzene rings is 2. The number of aromatic nitrogens is 3. The van der Waals surface area contributed by atoms with Crippen LogP contribution in [0.2, 0.25) is 0 Å². The Labute approximate surface area is 155 Å². The maximum atomic E-state index is 12.0. The van der Waals surface area contributed by atoms with E-state index in [2.05, 4.69) is 27.4 Å². The molecule has 0 bridgehead atoms. The van der Waals surface area contributed by atoms with Crippen molar-refractivity contribution in [3.05, 3.63) is 86.5 Å². The number of hydrogen-bond acceptors (Lipinski definition) is 5. The van der Waals surface area contributed by atoms with E-state index in [1.165, 1.54) is 5.56 Å². The van der Waals surface area contributed by atoms with Crippen LogP contribution in [0.15, 0.2) is 64.5 Å². The maximum absolute atomic E-state index is 12.0. The van der Waals surface area contributed by atoms with Crippen molar-refractivity contribution in [1.82, 2.24) is 14.9 Å². The van der Waals surface area contributed by atoms with Gasteiger partial charge in [0.25, 0.3) is 5.56 Å². The number of aromatic amines is 1. The van der Waals surface area contributed by atoms with E-state index >= 15 is 0 Å². The van der Waals surface area contributed by atoms with Crippen molar-refractivity contribution in [3.8, 4) is 5.75 Å². The second-order valence-corrected chi connectivity index (χ2v) is 6.02. The second-order valence-electron chi connectivity index (χ2n) is 5.63. The average Bonchev–Trinajstić information content (AvgIpc) is 2.67. The molecule has 0 atom stereocenters. The topological polar surface area (TPSA) is 72.3 Å². The Balaban J connectivity index is 1.62. The number of nitrogens with zero attached hydrogens (tertiary/aromatic N) is 3. The number of ether oxygens (including phenoxy) is 1. The van der Waals surface area contributed by atoms with Gasteiger partial charge in [0.15, 0.2) is 0 Å². The smallest absolute Gasteiger partial charge is 0.296 e. The standard InChI is InChI=1S/C19H18N4O2S/c1-14-18(24)23(19(26)22-21-14)20-13-16-7-9-17(10-8-16)25-12-11-15-5-3-2-4-6-15/h2-10,13H,11-12H2,1H3,(H,22,26)/b20-13+. The summed E-state index contributed by atoms with van der Waals surface area (Å²) in [4.78, 5) is 12.0. The summed E-state index contributed by atoms with van der Waals surface area (Å²) in [6, 6.07) is 17.7. The highest BCUT2D eigenvalue weighted by Gasteiger charge is 2.01. The summed E-state index contributed by atoms with van der Waals surface area (Å²) < 4.78 is 7.02. The summed E-state index contributed by atoms with van der Waals surface area (Å²) in [5, 5.41) is 10.5. The normalized spacial score (nSPS) is 11.0. The van der Waals surface area contributed by atoms with Crippen LogP contribution in [0.3, 0.4) is 0 Å². The first-order chi connectivity index (χ1) is 12.6. The molecule has 3 aromatic rings. The summed E-state index contributed by atoms with van der Waals surface area (Å²) in [7, 11) is 0. The van der Waals surface area contributed by atoms with E-state index in [1.807, 2.05) is 42.5 Å². The fourth-order valence-electron chi connectivity index (χ4n) is 2.28. The van der Waals surface area contributed by atoms with Gasteiger partial charge in [0, 0.05) is 6.42 Å². The second kappa shape index (κ2) is 8.35. The van der Waals surface area contributed by atoms with E-state index in [0.717, 1.165) is 22.4 Å². The van der Waals surface area contributed by atoms with E-state index in [-0.39, 0.29) is 10.3 Å². The number of nitrogens with one attached hydrogen (secondary N) is 1. The molecule has 0 saturated carbocycles. The van der Waals surface area contributed by atoms with Gasteiger partial charge < -0.3 is 4.74 Å². The van der Waals surface area contributed by atoms with Gasteiger partial charge in [0.2, 0.25) is 4.77 Å². The van der Waals surface area contributed by atoms with E-state index in [9.17, 15) is 4.79 Å². The van der Waals surface area contributed by atoms with Gasteiger partial charge in [0.1, 0.15) is 11.4 Å². The van der Waals surface area contributed by atoms with Gasteiger partial charge in [-0.2, -0.15) is 14.9 Å². The van der Waals surface area contributed by atoms with Crippen molar-refractivity contribution >= 4 is 18.4 Å². The molecular formula is C19H18N4O2S. The third kappa shape index (κ3) is 4.52. The van der Waals surface area contributed by atoms with Gasteiger partial charge >= 0.3 is 0 Å². The minimum atomic E-state index is -0.342. The first-order valence-electron chi connectivity index (χ1n) is 8.13. The summed E-state index contributed by atoms with van der Waals surface area (Å²) in [5.41, 5.74) is 2.03. The van der Waals surface area contributed by atoms with Crippen LogP contribution < -0.4 is 10.3 Å². The molecule has 2 aromatic carbocycles. The number of H-pyrrole nitrogens is 1. The van der Waals surface area contributed by atoms with Crippen LogP contribution in [0.4, 0.5) is 0 Å². The molecule has 0 unspecified atom stereocenters. The van der Waals surface area contributed by atoms with Crippen molar-refractivity contribution in [1.29, 1.82) is 0 Å². The van der Waals surface area contributed by atoms with Crippen LogP contribution in [0.25, 0.3) is 0 Å². The van der Waals surface area contributed by atoms with Gasteiger partial charge in [-0.1, -0.05) is 30.3 Å². The summed E-state index contributed by atoms with van der Waals surface area (Å²) in [6.45, 7) is 2.21. The first-order valence-corrected chi connectivity index (χ1v) is 8.54. The molecule has 7 heteroatoms. The lowest BCUT2D eigenvalue weighted by Crippen LogP contribution is -2.22. The number of aryl methyl sites for hydroxylation is 1. The highest BCUT2D eigenvalue weighted by atomic mass is 32.1. The van der Waals surface area contributed by atoms with Gasteiger partial charge in [-0.3, -0.25) is 9.89 Å². The number of hydrogen-bond donors (Lipinski definition) is 1. The molecule has 0 spiro atoms. The first kappa shape index (κ1) is 17.8. The monoisotopic (exact) mass is 366 g/mol. The summed E-state index contributed by atoms with van der Waals surface area (Å²) >= 11 is 5.03. The SMILES string of the molecule is Cc1n[nH]c(=S)n(/N=C/c2ccc(OCCc3ccccc3)cc2)c1=O. The molecule has 1 N–H and O–H groups in total. The minimum Gasteiger partial charge on any atom is -0.493 e. The zero-order valence-electron chi connectivity index (χ0n) is 14.3. The van der Waals surface area contributed by atoms with Gasteiger partial charge in [-0.25, -0.2) is 0 Å². The van der Waals surface area contributed by atoms with Crippen molar-refractivity contribution in [2.24, 2.45) is 5.10 Å². The lowest BCUT2D eigenvalue weighted by atomic mass is 10.2. The molecular weight excluding hydrogens is 348 g/mol. The van der Waals surface area contributed by atoms with Gasteiger partial charge in [-0.05, 0) is 54.5 Å². The van der Waals surface area contributed by atoms with E-state index < -0.39 is 0 Å². The lowest BCUT2D eigenvalue weighted by Gasteiger charge is -2.06. The highest BCUT2D eigenvalue weighted by Crippen LogP contribution is 2.12. The minimum absolute atomic E-state index is 0.151. The van der Waals surface area contributed by atoms with Crippen LogP contribution in [-0.4, -0.2) is 27.7 Å². The molecule has 1 aromatic heterocycles. The third-order valence-electron chi connectivity index (χ3n) is 3.72. The van der Waals surface area contributed by atoms with Crippen LogP contribution in [0, 0.1) is 11.7 Å². The predicted molar refractivity (Wildman–Crippen MR) is 103 cm³/mol. The van der Waals surface area contributed by atoms with E-state index in [0.29, 0.717) is 12.3 Å². The molecule has 0 saturated heterocycles. The molecule has 0 aliphatic carbocycles. The van der Waals surface area contributed by atoms with Crippen molar-refractivity contribution < 1.29 is 4.74 Å².